The summed E-state index contributed by atoms with van der Waals surface area (Å²) in [5.74, 6) is -68.6. The summed E-state index contributed by atoms with van der Waals surface area (Å²) in [5.41, 5.74) is -6.07. The lowest BCUT2D eigenvalue weighted by molar-refractivity contribution is -0.458. The SMILES string of the molecule is N.O=S(=O)(O)C(F)C(F)(F)C(F)(F)C(F)(F)C(F)(F)C(F)(F)C(F)(F)C(F)(F)C(F)(F)C(F)F. The Balaban J connectivity index is 0. The summed E-state index contributed by atoms with van der Waals surface area (Å²) in [6.45, 7) is 0. The summed E-state index contributed by atoms with van der Waals surface area (Å²) in [6, 6.07) is 0. The van der Waals surface area contributed by atoms with Gasteiger partial charge in [-0.1, -0.05) is 0 Å². The lowest BCUT2D eigenvalue weighted by Gasteiger charge is -2.43. The molecule has 4 nitrogen and oxygen atoms in total. The topological polar surface area (TPSA) is 89.4 Å². The average molecular weight is 581 g/mol. The van der Waals surface area contributed by atoms with Gasteiger partial charge in [0, 0.05) is 0 Å². The molecule has 0 aromatic carbocycles. The number of rotatable bonds is 10. The molecule has 0 aliphatic carbocycles. The van der Waals surface area contributed by atoms with E-state index < -0.39 is 69.4 Å². The van der Waals surface area contributed by atoms with Gasteiger partial charge in [-0.25, -0.2) is 13.2 Å². The third kappa shape index (κ3) is 4.21. The van der Waals surface area contributed by atoms with Crippen molar-refractivity contribution in [2.75, 3.05) is 0 Å². The predicted octanol–water partition coefficient (Wildman–Crippen LogP) is 5.68. The summed E-state index contributed by atoms with van der Waals surface area (Å²) in [7, 11) is -7.28. The highest BCUT2D eigenvalue weighted by atomic mass is 32.2. The summed E-state index contributed by atoms with van der Waals surface area (Å²) >= 11 is 0. The van der Waals surface area contributed by atoms with Crippen molar-refractivity contribution in [2.24, 2.45) is 0 Å². The first-order chi connectivity index (χ1) is 13.8. The fraction of sp³-hybridized carbons (Fsp3) is 1.00. The van der Waals surface area contributed by atoms with E-state index in [1.807, 2.05) is 0 Å². The summed E-state index contributed by atoms with van der Waals surface area (Å²) in [4.78, 5) is 0. The highest BCUT2D eigenvalue weighted by molar-refractivity contribution is 7.86. The van der Waals surface area contributed by atoms with Crippen molar-refractivity contribution in [1.82, 2.24) is 6.15 Å². The minimum Gasteiger partial charge on any atom is -0.344 e. The van der Waals surface area contributed by atoms with Gasteiger partial charge in [-0.05, 0) is 0 Å². The molecule has 0 saturated carbocycles. The van der Waals surface area contributed by atoms with E-state index in [1.54, 1.807) is 0 Å². The maximum atomic E-state index is 13.3. The van der Waals surface area contributed by atoms with Gasteiger partial charge in [-0.2, -0.15) is 78.7 Å². The fourth-order valence-corrected chi connectivity index (χ4v) is 2.20. The van der Waals surface area contributed by atoms with Crippen molar-refractivity contribution < 1.29 is 96.4 Å². The molecule has 0 aromatic rings. The van der Waals surface area contributed by atoms with Crippen LogP contribution in [0.5, 0.6) is 0 Å². The first-order valence-electron chi connectivity index (χ1n) is 6.76. The van der Waals surface area contributed by atoms with Crippen LogP contribution in [-0.2, 0) is 10.1 Å². The van der Waals surface area contributed by atoms with Crippen molar-refractivity contribution in [3.8, 4) is 0 Å². The van der Waals surface area contributed by atoms with Gasteiger partial charge < -0.3 is 6.15 Å². The van der Waals surface area contributed by atoms with Crippen LogP contribution in [0, 0.1) is 0 Å². The summed E-state index contributed by atoms with van der Waals surface area (Å²) in [5, 5.41) is 0. The van der Waals surface area contributed by atoms with Crippen LogP contribution in [0.1, 0.15) is 0 Å². The Hall–Kier alpha value is -1.46. The van der Waals surface area contributed by atoms with E-state index in [0.717, 1.165) is 0 Å². The first-order valence-corrected chi connectivity index (χ1v) is 8.26. The normalized spacial score (nSPS) is 17.0. The smallest absolute Gasteiger partial charge is 0.344 e. The second kappa shape index (κ2) is 8.58. The van der Waals surface area contributed by atoms with Crippen LogP contribution < -0.4 is 6.15 Å². The number of hydrogen-bond acceptors (Lipinski definition) is 3. The molecule has 0 spiro atoms. The molecule has 34 heavy (non-hydrogen) atoms. The number of alkyl halides is 19. The van der Waals surface area contributed by atoms with E-state index in [9.17, 15) is 91.8 Å². The van der Waals surface area contributed by atoms with Crippen molar-refractivity contribution in [1.29, 1.82) is 0 Å². The zero-order chi connectivity index (χ0) is 27.7. The Bertz CT molecular complexity index is 837. The molecule has 0 aliphatic rings. The van der Waals surface area contributed by atoms with Crippen molar-refractivity contribution in [2.45, 2.75) is 59.3 Å². The van der Waals surface area contributed by atoms with E-state index in [1.165, 1.54) is 0 Å². The van der Waals surface area contributed by atoms with Crippen LogP contribution in [0.2, 0.25) is 0 Å². The van der Waals surface area contributed by atoms with Gasteiger partial charge in [0.05, 0.1) is 0 Å². The molecule has 1 unspecified atom stereocenters. The third-order valence-electron chi connectivity index (χ3n) is 3.63. The maximum Gasteiger partial charge on any atom is 0.385 e. The predicted molar refractivity (Wildman–Crippen MR) is 67.0 cm³/mol. The molecule has 0 fully saturated rings. The lowest BCUT2D eigenvalue weighted by atomic mass is 9.87. The summed E-state index contributed by atoms with van der Waals surface area (Å²) < 4.78 is 274. The van der Waals surface area contributed by atoms with Crippen LogP contribution >= 0.6 is 0 Å². The lowest BCUT2D eigenvalue weighted by Crippen LogP contribution is -2.76. The molecule has 0 rings (SSSR count). The minimum atomic E-state index is -9.06. The van der Waals surface area contributed by atoms with Crippen molar-refractivity contribution in [3.63, 3.8) is 0 Å². The van der Waals surface area contributed by atoms with Crippen molar-refractivity contribution in [3.05, 3.63) is 0 Å². The molecule has 4 N–H and O–H groups in total. The molecule has 0 amide bonds. The van der Waals surface area contributed by atoms with Crippen LogP contribution in [0.4, 0.5) is 83.4 Å². The molecule has 0 aromatic heterocycles. The molecule has 0 aliphatic heterocycles. The van der Waals surface area contributed by atoms with Gasteiger partial charge in [0.25, 0.3) is 5.50 Å². The van der Waals surface area contributed by atoms with E-state index >= 15 is 0 Å². The Morgan fingerprint density at radius 3 is 0.882 bits per heavy atom. The third-order valence-corrected chi connectivity index (χ3v) is 4.45. The largest absolute Gasteiger partial charge is 0.385 e. The first kappa shape index (κ1) is 34.7. The highest BCUT2D eigenvalue weighted by Gasteiger charge is 2.96. The van der Waals surface area contributed by atoms with E-state index in [4.69, 9.17) is 4.55 Å². The zero-order valence-corrected chi connectivity index (χ0v) is 15.5. The number of hydrogen-bond donors (Lipinski definition) is 2. The molecule has 208 valence electrons. The minimum absolute atomic E-state index is 0. The van der Waals surface area contributed by atoms with Gasteiger partial charge in [0.15, 0.2) is 0 Å². The Morgan fingerprint density at radius 1 is 0.471 bits per heavy atom. The van der Waals surface area contributed by atoms with E-state index in [2.05, 4.69) is 0 Å². The van der Waals surface area contributed by atoms with Gasteiger partial charge in [0.2, 0.25) is 0 Å². The average Bonchev–Trinajstić information content (AvgIpc) is 2.58. The quantitative estimate of drug-likeness (QED) is 0.257. The fourth-order valence-electron chi connectivity index (χ4n) is 1.67. The summed E-state index contributed by atoms with van der Waals surface area (Å²) in [6.07, 6.45) is -6.11. The maximum absolute atomic E-state index is 13.3. The van der Waals surface area contributed by atoms with Gasteiger partial charge >= 0.3 is 63.9 Å². The highest BCUT2D eigenvalue weighted by Crippen LogP contribution is 2.64. The van der Waals surface area contributed by atoms with Gasteiger partial charge in [-0.15, -0.1) is 0 Å². The van der Waals surface area contributed by atoms with Gasteiger partial charge in [-0.3, -0.25) is 4.55 Å². The molecule has 0 saturated heterocycles. The van der Waals surface area contributed by atoms with Gasteiger partial charge in [0.1, 0.15) is 0 Å². The molecular weight excluding hydrogens is 575 g/mol. The zero-order valence-electron chi connectivity index (χ0n) is 14.7. The Morgan fingerprint density at radius 2 is 0.676 bits per heavy atom. The van der Waals surface area contributed by atoms with E-state index in [-0.39, 0.29) is 6.15 Å². The van der Waals surface area contributed by atoms with Crippen LogP contribution in [-0.4, -0.2) is 72.3 Å². The van der Waals surface area contributed by atoms with Crippen LogP contribution in [0.15, 0.2) is 0 Å². The Kier molecular flexibility index (Phi) is 8.76. The van der Waals surface area contributed by atoms with Crippen molar-refractivity contribution >= 4 is 10.1 Å². The van der Waals surface area contributed by atoms with Crippen LogP contribution in [0.25, 0.3) is 0 Å². The second-order valence-electron chi connectivity index (χ2n) is 5.82. The second-order valence-corrected chi connectivity index (χ2v) is 7.27. The molecule has 0 bridgehead atoms. The monoisotopic (exact) mass is 581 g/mol. The van der Waals surface area contributed by atoms with Crippen LogP contribution in [0.3, 0.4) is 0 Å². The Labute approximate surface area is 173 Å². The number of halogens is 19. The standard InChI is InChI=1S/C10H3F19O3S.H3N/c11-1(12)3(14,15)5(18,19)7(22,23)9(26,27)10(28,29)8(24,25)6(20,21)4(16,17)2(13)33(30,31)32;/h1-2H,(H,30,31,32);1H3. The molecule has 0 radical (unpaired) electrons. The molecule has 24 heteroatoms. The molecule has 1 atom stereocenters. The molecular formula is C10H6F19NO3S. The van der Waals surface area contributed by atoms with E-state index in [0.29, 0.717) is 0 Å². The molecule has 0 heterocycles.